The molecule has 0 saturated heterocycles. The van der Waals surface area contributed by atoms with Crippen LogP contribution in [0.4, 0.5) is 0 Å². The Bertz CT molecular complexity index is 620. The van der Waals surface area contributed by atoms with Gasteiger partial charge >= 0.3 is 0 Å². The highest BCUT2D eigenvalue weighted by Crippen LogP contribution is 2.42. The summed E-state index contributed by atoms with van der Waals surface area (Å²) in [7, 11) is 0. The second-order valence-corrected chi connectivity index (χ2v) is 6.02. The Morgan fingerprint density at radius 2 is 1.75 bits per heavy atom. The third kappa shape index (κ3) is 2.22. The average molecular weight is 329 g/mol. The number of aryl methyl sites for hydroxylation is 1. The van der Waals surface area contributed by atoms with Gasteiger partial charge < -0.3 is 0 Å². The van der Waals surface area contributed by atoms with Gasteiger partial charge in [0.2, 0.25) is 0 Å². The van der Waals surface area contributed by atoms with E-state index in [1.54, 1.807) is 0 Å². The molecule has 2 aromatic carbocycles. The lowest BCUT2D eigenvalue weighted by Crippen LogP contribution is -2.37. The first kappa shape index (κ1) is 13.6. The van der Waals surface area contributed by atoms with E-state index in [4.69, 9.17) is 0 Å². The summed E-state index contributed by atoms with van der Waals surface area (Å²) in [5, 5.41) is 0.425. The van der Waals surface area contributed by atoms with Crippen molar-refractivity contribution in [2.45, 2.75) is 24.7 Å². The minimum atomic E-state index is -0.346. The van der Waals surface area contributed by atoms with Gasteiger partial charge in [0.25, 0.3) is 0 Å². The maximum Gasteiger partial charge on any atom is 0.154 e. The van der Waals surface area contributed by atoms with Gasteiger partial charge in [-0.05, 0) is 36.0 Å². The van der Waals surface area contributed by atoms with Gasteiger partial charge in [-0.2, -0.15) is 0 Å². The van der Waals surface area contributed by atoms with Gasteiger partial charge in [0.1, 0.15) is 0 Å². The van der Waals surface area contributed by atoms with E-state index in [0.29, 0.717) is 11.1 Å². The summed E-state index contributed by atoms with van der Waals surface area (Å²) < 4.78 is 0. The topological polar surface area (TPSA) is 17.1 Å². The second kappa shape index (κ2) is 5.53. The van der Waals surface area contributed by atoms with Crippen molar-refractivity contribution in [3.05, 3.63) is 71.3 Å². The Morgan fingerprint density at radius 3 is 2.50 bits per heavy atom. The summed E-state index contributed by atoms with van der Waals surface area (Å²) in [6.45, 7) is 0. The van der Waals surface area contributed by atoms with Crippen LogP contribution < -0.4 is 0 Å². The largest absolute Gasteiger partial charge is 0.298 e. The first-order chi connectivity index (χ1) is 9.76. The molecule has 0 fully saturated rings. The molecule has 0 amide bonds. The average Bonchev–Trinajstić information content (AvgIpc) is 2.88. The zero-order chi connectivity index (χ0) is 14.0. The molecule has 1 nitrogen and oxygen atoms in total. The van der Waals surface area contributed by atoms with E-state index in [-0.39, 0.29) is 5.41 Å². The van der Waals surface area contributed by atoms with E-state index in [9.17, 15) is 4.79 Å². The second-order valence-electron chi connectivity index (χ2n) is 5.46. The smallest absolute Gasteiger partial charge is 0.154 e. The third-order valence-corrected chi connectivity index (χ3v) is 4.87. The lowest BCUT2D eigenvalue weighted by Gasteiger charge is -2.28. The van der Waals surface area contributed by atoms with Gasteiger partial charge in [-0.15, -0.1) is 0 Å². The van der Waals surface area contributed by atoms with Crippen LogP contribution in [0.5, 0.6) is 0 Å². The molecule has 3 rings (SSSR count). The number of hydrogen-bond donors (Lipinski definition) is 0. The molecule has 0 aromatic heterocycles. The number of hydrogen-bond acceptors (Lipinski definition) is 1. The highest BCUT2D eigenvalue weighted by molar-refractivity contribution is 9.09. The molecule has 0 aliphatic heterocycles. The van der Waals surface area contributed by atoms with Crippen LogP contribution in [0.3, 0.4) is 0 Å². The molecule has 0 bridgehead atoms. The SMILES string of the molecule is O=C(CBr)C1(Cc2ccccc2)CCc2ccccc21. The number of halogens is 1. The normalized spacial score (nSPS) is 20.6. The van der Waals surface area contributed by atoms with E-state index in [1.165, 1.54) is 16.7 Å². The Hall–Kier alpha value is -1.41. The van der Waals surface area contributed by atoms with Gasteiger partial charge in [0, 0.05) is 0 Å². The van der Waals surface area contributed by atoms with Crippen molar-refractivity contribution in [1.82, 2.24) is 0 Å². The van der Waals surface area contributed by atoms with Gasteiger partial charge in [0.15, 0.2) is 5.78 Å². The predicted octanol–water partition coefficient (Wildman–Crippen LogP) is 4.08. The molecule has 1 aliphatic rings. The van der Waals surface area contributed by atoms with Crippen LogP contribution in [0.15, 0.2) is 54.6 Å². The summed E-state index contributed by atoms with van der Waals surface area (Å²) in [6.07, 6.45) is 2.72. The first-order valence-corrected chi connectivity index (χ1v) is 8.10. The molecule has 1 aliphatic carbocycles. The molecular formula is C18H17BrO. The third-order valence-electron chi connectivity index (χ3n) is 4.36. The minimum absolute atomic E-state index is 0.298. The number of benzene rings is 2. The number of fused-ring (bicyclic) bond motifs is 1. The van der Waals surface area contributed by atoms with Gasteiger partial charge in [-0.1, -0.05) is 70.5 Å². The highest BCUT2D eigenvalue weighted by Gasteiger charge is 2.43. The van der Waals surface area contributed by atoms with Crippen LogP contribution >= 0.6 is 15.9 Å². The summed E-state index contributed by atoms with van der Waals surface area (Å²) in [4.78, 5) is 12.7. The zero-order valence-corrected chi connectivity index (χ0v) is 12.9. The number of carbonyl (C=O) groups is 1. The van der Waals surface area contributed by atoms with Crippen molar-refractivity contribution in [1.29, 1.82) is 0 Å². The molecule has 0 radical (unpaired) electrons. The molecular weight excluding hydrogens is 312 g/mol. The summed E-state index contributed by atoms with van der Waals surface area (Å²) in [5.41, 5.74) is 3.45. The van der Waals surface area contributed by atoms with Crippen LogP contribution in [-0.2, 0) is 23.1 Å². The molecule has 1 unspecified atom stereocenters. The number of alkyl halides is 1. The molecule has 0 heterocycles. The summed E-state index contributed by atoms with van der Waals surface area (Å²) in [6, 6.07) is 18.7. The predicted molar refractivity (Wildman–Crippen MR) is 85.4 cm³/mol. The number of ketones is 1. The quantitative estimate of drug-likeness (QED) is 0.773. The molecule has 0 saturated carbocycles. The van der Waals surface area contributed by atoms with Crippen LogP contribution in [0.1, 0.15) is 23.1 Å². The standard InChI is InChI=1S/C18H17BrO/c19-13-17(20)18(12-14-6-2-1-3-7-14)11-10-15-8-4-5-9-16(15)18/h1-9H,10-13H2. The maximum absolute atomic E-state index is 12.7. The number of rotatable bonds is 4. The zero-order valence-electron chi connectivity index (χ0n) is 11.3. The lowest BCUT2D eigenvalue weighted by molar-refractivity contribution is -0.121. The molecule has 2 aromatic rings. The van der Waals surface area contributed by atoms with Crippen LogP contribution in [0.25, 0.3) is 0 Å². The van der Waals surface area contributed by atoms with Crippen molar-refractivity contribution in [3.63, 3.8) is 0 Å². The lowest BCUT2D eigenvalue weighted by atomic mass is 9.73. The molecule has 0 spiro atoms. The first-order valence-electron chi connectivity index (χ1n) is 6.98. The van der Waals surface area contributed by atoms with E-state index in [2.05, 4.69) is 46.3 Å². The fourth-order valence-corrected chi connectivity index (χ4v) is 3.87. The molecule has 20 heavy (non-hydrogen) atoms. The number of Topliss-reactive ketones (excluding diaryl/α,β-unsaturated/α-hetero) is 1. The highest BCUT2D eigenvalue weighted by atomic mass is 79.9. The van der Waals surface area contributed by atoms with Crippen LogP contribution in [0.2, 0.25) is 0 Å². The van der Waals surface area contributed by atoms with Gasteiger partial charge in [0.05, 0.1) is 10.7 Å². The van der Waals surface area contributed by atoms with Gasteiger partial charge in [-0.3, -0.25) is 4.79 Å². The summed E-state index contributed by atoms with van der Waals surface area (Å²) in [5.74, 6) is 0.298. The van der Waals surface area contributed by atoms with Crippen LogP contribution in [-0.4, -0.2) is 11.1 Å². The Morgan fingerprint density at radius 1 is 1.05 bits per heavy atom. The Labute approximate surface area is 128 Å². The molecule has 0 N–H and O–H groups in total. The Balaban J connectivity index is 2.06. The van der Waals surface area contributed by atoms with Crippen molar-refractivity contribution in [2.24, 2.45) is 0 Å². The van der Waals surface area contributed by atoms with Crippen molar-refractivity contribution in [3.8, 4) is 0 Å². The van der Waals surface area contributed by atoms with Crippen LogP contribution in [0, 0.1) is 0 Å². The molecule has 102 valence electrons. The van der Waals surface area contributed by atoms with E-state index < -0.39 is 0 Å². The van der Waals surface area contributed by atoms with E-state index in [0.717, 1.165) is 19.3 Å². The monoisotopic (exact) mass is 328 g/mol. The molecule has 2 heteroatoms. The fraction of sp³-hybridized carbons (Fsp3) is 0.278. The van der Waals surface area contributed by atoms with Gasteiger partial charge in [-0.25, -0.2) is 0 Å². The fourth-order valence-electron chi connectivity index (χ4n) is 3.33. The van der Waals surface area contributed by atoms with Crippen molar-refractivity contribution < 1.29 is 4.79 Å². The van der Waals surface area contributed by atoms with Crippen molar-refractivity contribution >= 4 is 21.7 Å². The number of carbonyl (C=O) groups excluding carboxylic acids is 1. The summed E-state index contributed by atoms with van der Waals surface area (Å²) >= 11 is 3.38. The van der Waals surface area contributed by atoms with E-state index >= 15 is 0 Å². The Kier molecular flexibility index (Phi) is 3.75. The van der Waals surface area contributed by atoms with E-state index in [1.807, 2.05) is 24.3 Å². The van der Waals surface area contributed by atoms with Crippen molar-refractivity contribution in [2.75, 3.05) is 5.33 Å². The maximum atomic E-state index is 12.7. The molecule has 1 atom stereocenters. The minimum Gasteiger partial charge on any atom is -0.298 e.